The van der Waals surface area contributed by atoms with Gasteiger partial charge in [-0.2, -0.15) is 13.2 Å². The Kier molecular flexibility index (Phi) is 3.78. The van der Waals surface area contributed by atoms with E-state index in [2.05, 4.69) is 0 Å². The van der Waals surface area contributed by atoms with Crippen molar-refractivity contribution in [2.24, 2.45) is 5.73 Å². The summed E-state index contributed by atoms with van der Waals surface area (Å²) in [6, 6.07) is 2.67. The topological polar surface area (TPSA) is 35.2 Å². The minimum Gasteiger partial charge on any atom is -0.372 e. The zero-order valence-corrected chi connectivity index (χ0v) is 9.44. The van der Waals surface area contributed by atoms with Gasteiger partial charge in [0.1, 0.15) is 11.4 Å². The van der Waals surface area contributed by atoms with E-state index in [9.17, 15) is 17.6 Å². The van der Waals surface area contributed by atoms with Crippen LogP contribution in [0.5, 0.6) is 0 Å². The number of hydrogen-bond donors (Lipinski definition) is 1. The molecule has 0 bridgehead atoms. The zero-order chi connectivity index (χ0) is 13.3. The summed E-state index contributed by atoms with van der Waals surface area (Å²) in [7, 11) is 1.36. The lowest BCUT2D eigenvalue weighted by Gasteiger charge is -2.27. The summed E-state index contributed by atoms with van der Waals surface area (Å²) in [4.78, 5) is 0. The van der Waals surface area contributed by atoms with Gasteiger partial charge in [0.05, 0.1) is 5.56 Å². The lowest BCUT2D eigenvalue weighted by atomic mass is 9.94. The van der Waals surface area contributed by atoms with Crippen LogP contribution in [-0.2, 0) is 16.5 Å². The lowest BCUT2D eigenvalue weighted by Crippen LogP contribution is -2.34. The molecule has 0 aliphatic heterocycles. The number of alkyl halides is 3. The van der Waals surface area contributed by atoms with Gasteiger partial charge in [-0.15, -0.1) is 0 Å². The van der Waals surface area contributed by atoms with Crippen molar-refractivity contribution in [1.29, 1.82) is 0 Å². The molecule has 0 saturated carbocycles. The molecule has 1 rings (SSSR count). The Labute approximate surface area is 96.4 Å². The Morgan fingerprint density at radius 2 is 1.88 bits per heavy atom. The number of hydrogen-bond acceptors (Lipinski definition) is 2. The monoisotopic (exact) mass is 251 g/mol. The predicted octanol–water partition coefficient (Wildman–Crippen LogP) is 2.66. The van der Waals surface area contributed by atoms with Crippen LogP contribution in [0.2, 0.25) is 0 Å². The van der Waals surface area contributed by atoms with Crippen molar-refractivity contribution in [2.75, 3.05) is 13.7 Å². The van der Waals surface area contributed by atoms with Crippen LogP contribution in [0.4, 0.5) is 17.6 Å². The standard InChI is InChI=1S/C11H13F4NO/c1-10(6-16,17-2)7-3-4-8(9(12)5-7)11(13,14)15/h3-5H,6,16H2,1-2H3. The summed E-state index contributed by atoms with van der Waals surface area (Å²) in [5, 5.41) is 0. The van der Waals surface area contributed by atoms with Crippen LogP contribution in [0, 0.1) is 5.82 Å². The van der Waals surface area contributed by atoms with Crippen LogP contribution in [-0.4, -0.2) is 13.7 Å². The van der Waals surface area contributed by atoms with E-state index in [4.69, 9.17) is 10.5 Å². The fourth-order valence-corrected chi connectivity index (χ4v) is 1.39. The molecule has 1 aromatic carbocycles. The highest BCUT2D eigenvalue weighted by Crippen LogP contribution is 2.33. The van der Waals surface area contributed by atoms with E-state index in [1.165, 1.54) is 13.2 Å². The molecule has 6 heteroatoms. The van der Waals surface area contributed by atoms with Crippen LogP contribution in [0.1, 0.15) is 18.1 Å². The van der Waals surface area contributed by atoms with Crippen molar-refractivity contribution in [2.45, 2.75) is 18.7 Å². The summed E-state index contributed by atoms with van der Waals surface area (Å²) in [5.74, 6) is -1.33. The summed E-state index contributed by atoms with van der Waals surface area (Å²) in [5.41, 5.74) is 3.44. The molecule has 1 aromatic rings. The number of rotatable bonds is 3. The van der Waals surface area contributed by atoms with Gasteiger partial charge in [-0.1, -0.05) is 6.07 Å². The van der Waals surface area contributed by atoms with E-state index in [0.29, 0.717) is 6.07 Å². The molecule has 0 heterocycles. The average Bonchev–Trinajstić information content (AvgIpc) is 2.26. The second-order valence-corrected chi connectivity index (χ2v) is 3.83. The van der Waals surface area contributed by atoms with Crippen LogP contribution in [0.15, 0.2) is 18.2 Å². The van der Waals surface area contributed by atoms with Gasteiger partial charge in [-0.3, -0.25) is 0 Å². The molecule has 0 aliphatic rings. The first kappa shape index (κ1) is 13.9. The normalized spacial score (nSPS) is 15.7. The summed E-state index contributed by atoms with van der Waals surface area (Å²) < 4.78 is 55.4. The number of nitrogens with two attached hydrogens (primary N) is 1. The molecular formula is C11H13F4NO. The van der Waals surface area contributed by atoms with Gasteiger partial charge in [0.25, 0.3) is 0 Å². The molecule has 1 unspecified atom stereocenters. The Hall–Kier alpha value is -1.14. The predicted molar refractivity (Wildman–Crippen MR) is 54.8 cm³/mol. The second-order valence-electron chi connectivity index (χ2n) is 3.83. The average molecular weight is 251 g/mol. The molecule has 0 saturated heterocycles. The van der Waals surface area contributed by atoms with Gasteiger partial charge in [-0.05, 0) is 24.6 Å². The van der Waals surface area contributed by atoms with Crippen molar-refractivity contribution in [3.05, 3.63) is 35.1 Å². The number of halogens is 4. The molecule has 96 valence electrons. The van der Waals surface area contributed by atoms with E-state index < -0.39 is 23.2 Å². The van der Waals surface area contributed by atoms with Gasteiger partial charge in [0.2, 0.25) is 0 Å². The molecule has 17 heavy (non-hydrogen) atoms. The van der Waals surface area contributed by atoms with Crippen molar-refractivity contribution < 1.29 is 22.3 Å². The first-order chi connectivity index (χ1) is 7.74. The molecule has 1 atom stereocenters. The molecule has 2 N–H and O–H groups in total. The van der Waals surface area contributed by atoms with Gasteiger partial charge >= 0.3 is 6.18 Å². The Bertz CT molecular complexity index is 399. The SMILES string of the molecule is COC(C)(CN)c1ccc(C(F)(F)F)c(F)c1. The minimum atomic E-state index is -4.70. The van der Waals surface area contributed by atoms with E-state index in [0.717, 1.165) is 6.07 Å². The maximum absolute atomic E-state index is 13.3. The number of methoxy groups -OCH3 is 1. The third kappa shape index (κ3) is 2.76. The quantitative estimate of drug-likeness (QED) is 0.838. The molecule has 0 aromatic heterocycles. The fourth-order valence-electron chi connectivity index (χ4n) is 1.39. The van der Waals surface area contributed by atoms with E-state index in [-0.39, 0.29) is 12.1 Å². The van der Waals surface area contributed by atoms with Gasteiger partial charge < -0.3 is 10.5 Å². The van der Waals surface area contributed by atoms with Crippen molar-refractivity contribution in [1.82, 2.24) is 0 Å². The molecule has 2 nitrogen and oxygen atoms in total. The third-order valence-corrected chi connectivity index (χ3v) is 2.73. The molecule has 0 fully saturated rings. The Morgan fingerprint density at radius 1 is 1.29 bits per heavy atom. The second kappa shape index (κ2) is 4.62. The first-order valence-corrected chi connectivity index (χ1v) is 4.87. The molecular weight excluding hydrogens is 238 g/mol. The Morgan fingerprint density at radius 3 is 2.24 bits per heavy atom. The Balaban J connectivity index is 3.22. The highest BCUT2D eigenvalue weighted by Gasteiger charge is 2.35. The van der Waals surface area contributed by atoms with E-state index in [1.54, 1.807) is 6.92 Å². The highest BCUT2D eigenvalue weighted by atomic mass is 19.4. The van der Waals surface area contributed by atoms with Gasteiger partial charge in [-0.25, -0.2) is 4.39 Å². The van der Waals surface area contributed by atoms with Crippen LogP contribution in [0.3, 0.4) is 0 Å². The van der Waals surface area contributed by atoms with Crippen molar-refractivity contribution >= 4 is 0 Å². The molecule has 0 spiro atoms. The lowest BCUT2D eigenvalue weighted by molar-refractivity contribution is -0.140. The van der Waals surface area contributed by atoms with Crippen LogP contribution in [0.25, 0.3) is 0 Å². The smallest absolute Gasteiger partial charge is 0.372 e. The van der Waals surface area contributed by atoms with Gasteiger partial charge in [0.15, 0.2) is 0 Å². The third-order valence-electron chi connectivity index (χ3n) is 2.73. The summed E-state index contributed by atoms with van der Waals surface area (Å²) >= 11 is 0. The fraction of sp³-hybridized carbons (Fsp3) is 0.455. The van der Waals surface area contributed by atoms with Crippen LogP contribution < -0.4 is 5.73 Å². The van der Waals surface area contributed by atoms with Crippen molar-refractivity contribution in [3.8, 4) is 0 Å². The highest BCUT2D eigenvalue weighted by molar-refractivity contribution is 5.30. The van der Waals surface area contributed by atoms with Crippen molar-refractivity contribution in [3.63, 3.8) is 0 Å². The minimum absolute atomic E-state index is 0.0360. The largest absolute Gasteiger partial charge is 0.419 e. The number of benzene rings is 1. The maximum atomic E-state index is 13.3. The number of ether oxygens (including phenoxy) is 1. The summed E-state index contributed by atoms with van der Waals surface area (Å²) in [6.45, 7) is 1.61. The van der Waals surface area contributed by atoms with Crippen LogP contribution >= 0.6 is 0 Å². The molecule has 0 aliphatic carbocycles. The molecule has 0 radical (unpaired) electrons. The zero-order valence-electron chi connectivity index (χ0n) is 9.44. The molecule has 0 amide bonds. The first-order valence-electron chi connectivity index (χ1n) is 4.87. The maximum Gasteiger partial charge on any atom is 0.419 e. The van der Waals surface area contributed by atoms with E-state index in [1.807, 2.05) is 0 Å². The summed E-state index contributed by atoms with van der Waals surface area (Å²) in [6.07, 6.45) is -4.70. The van der Waals surface area contributed by atoms with Gasteiger partial charge in [0, 0.05) is 13.7 Å². The van der Waals surface area contributed by atoms with E-state index >= 15 is 0 Å².